The highest BCUT2D eigenvalue weighted by molar-refractivity contribution is 6.35. The van der Waals surface area contributed by atoms with Gasteiger partial charge in [-0.2, -0.15) is 0 Å². The maximum absolute atomic E-state index is 10.8. The van der Waals surface area contributed by atoms with E-state index in [1.165, 1.54) is 0 Å². The summed E-state index contributed by atoms with van der Waals surface area (Å²) in [4.78, 5) is 10.8. The smallest absolute Gasteiger partial charge is 0.359 e. The zero-order valence-corrected chi connectivity index (χ0v) is 9.90. The van der Waals surface area contributed by atoms with Crippen molar-refractivity contribution in [1.29, 1.82) is 0 Å². The quantitative estimate of drug-likeness (QED) is 0.904. The third kappa shape index (κ3) is 1.64. The van der Waals surface area contributed by atoms with Crippen LogP contribution in [-0.4, -0.2) is 22.8 Å². The van der Waals surface area contributed by atoms with Crippen LogP contribution < -0.4 is 4.74 Å². The average Bonchev–Trinajstić information content (AvgIpc) is 2.93. The van der Waals surface area contributed by atoms with Gasteiger partial charge in [0.25, 0.3) is 0 Å². The molecule has 1 aliphatic rings. The molecule has 0 aliphatic carbocycles. The molecule has 1 N–H and O–H groups in total. The lowest BCUT2D eigenvalue weighted by Gasteiger charge is -2.01. The number of halogens is 1. The van der Waals surface area contributed by atoms with Gasteiger partial charge in [0.1, 0.15) is 10.8 Å². The Morgan fingerprint density at radius 3 is 3.00 bits per heavy atom. The van der Waals surface area contributed by atoms with Gasteiger partial charge in [-0.05, 0) is 23.8 Å². The number of carbonyl (C=O) groups is 1. The average molecular weight is 266 g/mol. The Hall–Kier alpha value is -2.01. The number of nitrogens with zero attached hydrogens (tertiary/aromatic N) is 1. The molecule has 0 fully saturated rings. The molecule has 0 saturated carbocycles. The van der Waals surface area contributed by atoms with Crippen LogP contribution in [0.25, 0.3) is 11.3 Å². The molecule has 1 aromatic carbocycles. The zero-order chi connectivity index (χ0) is 12.7. The van der Waals surface area contributed by atoms with Crippen molar-refractivity contribution >= 4 is 17.6 Å². The monoisotopic (exact) mass is 265 g/mol. The van der Waals surface area contributed by atoms with Gasteiger partial charge in [0, 0.05) is 12.0 Å². The molecule has 0 spiro atoms. The molecule has 3 rings (SSSR count). The summed E-state index contributed by atoms with van der Waals surface area (Å²) < 4.78 is 10.4. The van der Waals surface area contributed by atoms with Crippen molar-refractivity contribution in [1.82, 2.24) is 5.16 Å². The van der Waals surface area contributed by atoms with Gasteiger partial charge in [0.15, 0.2) is 5.76 Å². The van der Waals surface area contributed by atoms with E-state index in [1.807, 2.05) is 12.1 Å². The molecule has 1 aliphatic heterocycles. The van der Waals surface area contributed by atoms with Crippen LogP contribution in [0.5, 0.6) is 5.75 Å². The lowest BCUT2D eigenvalue weighted by Crippen LogP contribution is -1.96. The number of aromatic carboxylic acids is 1. The van der Waals surface area contributed by atoms with E-state index < -0.39 is 5.97 Å². The van der Waals surface area contributed by atoms with Crippen molar-refractivity contribution in [3.05, 3.63) is 34.5 Å². The third-order valence-electron chi connectivity index (χ3n) is 2.79. The molecular weight excluding hydrogens is 258 g/mol. The first-order valence-corrected chi connectivity index (χ1v) is 5.69. The van der Waals surface area contributed by atoms with Gasteiger partial charge >= 0.3 is 5.97 Å². The Kier molecular flexibility index (Phi) is 2.48. The molecule has 6 heteroatoms. The summed E-state index contributed by atoms with van der Waals surface area (Å²) in [5, 5.41) is 12.3. The molecule has 18 heavy (non-hydrogen) atoms. The minimum atomic E-state index is -1.21. The summed E-state index contributed by atoms with van der Waals surface area (Å²) in [6.45, 7) is 0.656. The van der Waals surface area contributed by atoms with E-state index in [-0.39, 0.29) is 16.5 Å². The van der Waals surface area contributed by atoms with Crippen LogP contribution in [0.4, 0.5) is 0 Å². The summed E-state index contributed by atoms with van der Waals surface area (Å²) in [5.74, 6) is -0.101. The summed E-state index contributed by atoms with van der Waals surface area (Å²) in [6.07, 6.45) is 0.820. The van der Waals surface area contributed by atoms with E-state index in [9.17, 15) is 4.79 Å². The first-order chi connectivity index (χ1) is 8.66. The fourth-order valence-electron chi connectivity index (χ4n) is 1.92. The van der Waals surface area contributed by atoms with E-state index in [0.29, 0.717) is 12.2 Å². The number of rotatable bonds is 2. The van der Waals surface area contributed by atoms with Crippen LogP contribution in [0.1, 0.15) is 16.1 Å². The van der Waals surface area contributed by atoms with Gasteiger partial charge in [-0.25, -0.2) is 4.79 Å². The van der Waals surface area contributed by atoms with Crippen molar-refractivity contribution in [2.24, 2.45) is 0 Å². The second-order valence-electron chi connectivity index (χ2n) is 3.90. The van der Waals surface area contributed by atoms with Crippen molar-refractivity contribution in [2.45, 2.75) is 6.42 Å². The summed E-state index contributed by atoms with van der Waals surface area (Å²) in [5.41, 5.74) is 1.48. The summed E-state index contributed by atoms with van der Waals surface area (Å²) in [6, 6.07) is 5.46. The Morgan fingerprint density at radius 2 is 2.28 bits per heavy atom. The van der Waals surface area contributed by atoms with Crippen LogP contribution in [-0.2, 0) is 6.42 Å². The van der Waals surface area contributed by atoms with Crippen LogP contribution >= 0.6 is 11.6 Å². The number of benzene rings is 1. The third-order valence-corrected chi connectivity index (χ3v) is 3.14. The minimum Gasteiger partial charge on any atom is -0.493 e. The maximum atomic E-state index is 10.8. The SMILES string of the molecule is O=C(O)c1noc(-c2ccc3c(c2)CCO3)c1Cl. The molecule has 0 saturated heterocycles. The van der Waals surface area contributed by atoms with Gasteiger partial charge < -0.3 is 14.4 Å². The molecule has 0 radical (unpaired) electrons. The Balaban J connectivity index is 2.07. The first-order valence-electron chi connectivity index (χ1n) is 5.31. The lowest BCUT2D eigenvalue weighted by atomic mass is 10.1. The standard InChI is InChI=1S/C12H8ClNO4/c13-9-10(12(15)16)14-18-11(9)7-1-2-8-6(5-7)3-4-17-8/h1-2,5H,3-4H2,(H,15,16). The molecule has 0 amide bonds. The molecule has 0 unspecified atom stereocenters. The highest BCUT2D eigenvalue weighted by atomic mass is 35.5. The molecule has 2 aromatic rings. The highest BCUT2D eigenvalue weighted by Crippen LogP contribution is 2.35. The highest BCUT2D eigenvalue weighted by Gasteiger charge is 2.22. The van der Waals surface area contributed by atoms with Gasteiger partial charge in [-0.1, -0.05) is 16.8 Å². The first kappa shape index (κ1) is 11.1. The number of carboxylic acids is 1. The topological polar surface area (TPSA) is 72.6 Å². The maximum Gasteiger partial charge on any atom is 0.359 e. The molecule has 1 aromatic heterocycles. The number of carboxylic acid groups (broad SMARTS) is 1. The minimum absolute atomic E-state index is 0.0152. The predicted molar refractivity (Wildman–Crippen MR) is 63.1 cm³/mol. The number of ether oxygens (including phenoxy) is 1. The van der Waals surface area contributed by atoms with Gasteiger partial charge in [-0.3, -0.25) is 0 Å². The Labute approximate surface area is 107 Å². The Bertz CT molecular complexity index is 635. The van der Waals surface area contributed by atoms with Crippen molar-refractivity contribution in [3.8, 4) is 17.1 Å². The molecule has 92 valence electrons. The summed E-state index contributed by atoms with van der Waals surface area (Å²) >= 11 is 5.94. The number of hydrogen-bond donors (Lipinski definition) is 1. The second-order valence-corrected chi connectivity index (χ2v) is 4.28. The van der Waals surface area contributed by atoms with Crippen molar-refractivity contribution < 1.29 is 19.2 Å². The van der Waals surface area contributed by atoms with Gasteiger partial charge in [0.2, 0.25) is 5.69 Å². The molecule has 2 heterocycles. The van der Waals surface area contributed by atoms with E-state index in [1.54, 1.807) is 6.07 Å². The van der Waals surface area contributed by atoms with Crippen LogP contribution in [0, 0.1) is 0 Å². The Morgan fingerprint density at radius 1 is 1.44 bits per heavy atom. The molecule has 0 bridgehead atoms. The number of aromatic nitrogens is 1. The van der Waals surface area contributed by atoms with Crippen LogP contribution in [0.15, 0.2) is 22.7 Å². The van der Waals surface area contributed by atoms with Gasteiger partial charge in [-0.15, -0.1) is 0 Å². The summed E-state index contributed by atoms with van der Waals surface area (Å²) in [7, 11) is 0. The lowest BCUT2D eigenvalue weighted by molar-refractivity contribution is 0.0686. The van der Waals surface area contributed by atoms with Crippen molar-refractivity contribution in [2.75, 3.05) is 6.61 Å². The molecule has 5 nitrogen and oxygen atoms in total. The van der Waals surface area contributed by atoms with E-state index in [0.717, 1.165) is 17.7 Å². The number of fused-ring (bicyclic) bond motifs is 1. The number of hydrogen-bond acceptors (Lipinski definition) is 4. The molecule has 0 atom stereocenters. The fourth-order valence-corrected chi connectivity index (χ4v) is 2.18. The second kappa shape index (κ2) is 4.03. The fraction of sp³-hybridized carbons (Fsp3) is 0.167. The van der Waals surface area contributed by atoms with E-state index >= 15 is 0 Å². The van der Waals surface area contributed by atoms with Crippen molar-refractivity contribution in [3.63, 3.8) is 0 Å². The normalized spacial score (nSPS) is 13.2. The largest absolute Gasteiger partial charge is 0.493 e. The van der Waals surface area contributed by atoms with Gasteiger partial charge in [0.05, 0.1) is 6.61 Å². The predicted octanol–water partition coefficient (Wildman–Crippen LogP) is 2.63. The van der Waals surface area contributed by atoms with Crippen LogP contribution in [0.2, 0.25) is 5.02 Å². The molecular formula is C12H8ClNO4. The zero-order valence-electron chi connectivity index (χ0n) is 9.14. The van der Waals surface area contributed by atoms with E-state index in [2.05, 4.69) is 5.16 Å². The van der Waals surface area contributed by atoms with Crippen LogP contribution in [0.3, 0.4) is 0 Å². The van der Waals surface area contributed by atoms with E-state index in [4.69, 9.17) is 26.0 Å².